The number of hydrogen-bond donors (Lipinski definition) is 1. The number of rotatable bonds is 6. The number of carbonyl (C=O) groups is 1. The summed E-state index contributed by atoms with van der Waals surface area (Å²) >= 11 is 0. The standard InChI is InChI=1S/C20H26FN3O4S/c1-13(20(25)22-12-16-4-6-18(21)7-5-16)17-8-10-24(11-9-17)29(26,27)19-14(2)23-28-15(19)3/h4-7,13,17H,8-12H2,1-3H3,(H,22,25)/t13-/m1/s1. The molecule has 1 atom stereocenters. The first-order valence-electron chi connectivity index (χ1n) is 9.65. The van der Waals surface area contributed by atoms with Crippen LogP contribution in [0.4, 0.5) is 4.39 Å². The van der Waals surface area contributed by atoms with Crippen molar-refractivity contribution in [1.82, 2.24) is 14.8 Å². The van der Waals surface area contributed by atoms with Gasteiger partial charge in [-0.25, -0.2) is 12.8 Å². The van der Waals surface area contributed by atoms with Gasteiger partial charge in [0, 0.05) is 25.6 Å². The fourth-order valence-electron chi connectivity index (χ4n) is 3.75. The van der Waals surface area contributed by atoms with Gasteiger partial charge in [0.25, 0.3) is 0 Å². The summed E-state index contributed by atoms with van der Waals surface area (Å²) in [5.74, 6) is -0.245. The number of hydrogen-bond acceptors (Lipinski definition) is 5. The van der Waals surface area contributed by atoms with Crippen LogP contribution in [0.5, 0.6) is 0 Å². The van der Waals surface area contributed by atoms with Gasteiger partial charge in [-0.15, -0.1) is 0 Å². The van der Waals surface area contributed by atoms with Crippen LogP contribution in [-0.4, -0.2) is 36.9 Å². The van der Waals surface area contributed by atoms with E-state index in [0.29, 0.717) is 38.2 Å². The summed E-state index contributed by atoms with van der Waals surface area (Å²) in [5, 5.41) is 6.62. The Balaban J connectivity index is 1.55. The zero-order chi connectivity index (χ0) is 21.2. The van der Waals surface area contributed by atoms with Crippen LogP contribution in [0.15, 0.2) is 33.7 Å². The van der Waals surface area contributed by atoms with E-state index in [4.69, 9.17) is 4.52 Å². The van der Waals surface area contributed by atoms with Crippen LogP contribution in [0, 0.1) is 31.5 Å². The monoisotopic (exact) mass is 423 g/mol. The van der Waals surface area contributed by atoms with E-state index in [1.165, 1.54) is 16.4 Å². The first-order chi connectivity index (χ1) is 13.7. The van der Waals surface area contributed by atoms with Crippen LogP contribution in [0.1, 0.15) is 36.8 Å². The fraction of sp³-hybridized carbons (Fsp3) is 0.500. The lowest BCUT2D eigenvalue weighted by Crippen LogP contribution is -2.42. The number of sulfonamides is 1. The molecule has 0 aliphatic carbocycles. The Labute approximate surface area is 170 Å². The third-order valence-corrected chi connectivity index (χ3v) is 7.71. The maximum absolute atomic E-state index is 13.0. The highest BCUT2D eigenvalue weighted by atomic mass is 32.2. The molecule has 7 nitrogen and oxygen atoms in total. The molecule has 9 heteroatoms. The van der Waals surface area contributed by atoms with E-state index in [0.717, 1.165) is 5.56 Å². The molecule has 1 aromatic carbocycles. The van der Waals surface area contributed by atoms with Gasteiger partial charge >= 0.3 is 0 Å². The van der Waals surface area contributed by atoms with Crippen LogP contribution in [0.2, 0.25) is 0 Å². The molecule has 3 rings (SSSR count). The number of benzene rings is 1. The molecule has 0 bridgehead atoms. The van der Waals surface area contributed by atoms with Gasteiger partial charge in [-0.05, 0) is 50.3 Å². The number of amides is 1. The van der Waals surface area contributed by atoms with Crippen LogP contribution in [0.3, 0.4) is 0 Å². The maximum Gasteiger partial charge on any atom is 0.248 e. The molecule has 2 aromatic rings. The second-order valence-electron chi connectivity index (χ2n) is 7.53. The van der Waals surface area contributed by atoms with Crippen LogP contribution < -0.4 is 5.32 Å². The summed E-state index contributed by atoms with van der Waals surface area (Å²) < 4.78 is 45.2. The molecule has 0 saturated carbocycles. The highest BCUT2D eigenvalue weighted by Gasteiger charge is 2.36. The largest absolute Gasteiger partial charge is 0.360 e. The van der Waals surface area contributed by atoms with E-state index in [2.05, 4.69) is 10.5 Å². The summed E-state index contributed by atoms with van der Waals surface area (Å²) in [7, 11) is -3.65. The average Bonchev–Trinajstić information content (AvgIpc) is 3.05. The molecule has 1 N–H and O–H groups in total. The van der Waals surface area contributed by atoms with Gasteiger partial charge in [-0.2, -0.15) is 4.31 Å². The lowest BCUT2D eigenvalue weighted by atomic mass is 9.85. The van der Waals surface area contributed by atoms with Gasteiger partial charge in [0.05, 0.1) is 0 Å². The third-order valence-electron chi connectivity index (χ3n) is 5.56. The molecule has 0 spiro atoms. The van der Waals surface area contributed by atoms with E-state index in [1.807, 2.05) is 6.92 Å². The normalized spacial score (nSPS) is 17.2. The molecule has 1 aromatic heterocycles. The van der Waals surface area contributed by atoms with Crippen LogP contribution >= 0.6 is 0 Å². The maximum atomic E-state index is 13.0. The Morgan fingerprint density at radius 2 is 1.90 bits per heavy atom. The molecule has 2 heterocycles. The zero-order valence-corrected chi connectivity index (χ0v) is 17.6. The molecule has 1 saturated heterocycles. The molecule has 1 aliphatic heterocycles. The minimum atomic E-state index is -3.65. The lowest BCUT2D eigenvalue weighted by molar-refractivity contribution is -0.126. The first kappa shape index (κ1) is 21.4. The highest BCUT2D eigenvalue weighted by molar-refractivity contribution is 7.89. The van der Waals surface area contributed by atoms with Gasteiger partial charge < -0.3 is 9.84 Å². The summed E-state index contributed by atoms with van der Waals surface area (Å²) in [6.45, 7) is 6.11. The minimum Gasteiger partial charge on any atom is -0.360 e. The lowest BCUT2D eigenvalue weighted by Gasteiger charge is -2.33. The van der Waals surface area contributed by atoms with Gasteiger partial charge in [0.2, 0.25) is 15.9 Å². The Bertz CT molecular complexity index is 945. The smallest absolute Gasteiger partial charge is 0.248 e. The molecule has 29 heavy (non-hydrogen) atoms. The van der Waals surface area contributed by atoms with Crippen molar-refractivity contribution in [3.05, 3.63) is 47.1 Å². The van der Waals surface area contributed by atoms with E-state index >= 15 is 0 Å². The number of aryl methyl sites for hydroxylation is 2. The SMILES string of the molecule is Cc1noc(C)c1S(=O)(=O)N1CCC([C@@H](C)C(=O)NCc2ccc(F)cc2)CC1. The number of carbonyl (C=O) groups excluding carboxylic acids is 1. The van der Waals surface area contributed by atoms with Crippen molar-refractivity contribution < 1.29 is 22.1 Å². The van der Waals surface area contributed by atoms with Crippen molar-refractivity contribution in [2.24, 2.45) is 11.8 Å². The molecule has 0 radical (unpaired) electrons. The number of aromatic nitrogens is 1. The predicted octanol–water partition coefficient (Wildman–Crippen LogP) is 2.78. The number of piperidine rings is 1. The molecular formula is C20H26FN3O4S. The van der Waals surface area contributed by atoms with Gasteiger partial charge in [-0.3, -0.25) is 4.79 Å². The molecule has 1 aliphatic rings. The summed E-state index contributed by atoms with van der Waals surface area (Å²) in [5.41, 5.74) is 1.19. The van der Waals surface area contributed by atoms with Gasteiger partial charge in [0.1, 0.15) is 16.4 Å². The Morgan fingerprint density at radius 3 is 2.45 bits per heavy atom. The average molecular weight is 424 g/mol. The predicted molar refractivity (Wildman–Crippen MR) is 105 cm³/mol. The summed E-state index contributed by atoms with van der Waals surface area (Å²) in [6, 6.07) is 6.00. The number of nitrogens with zero attached hydrogens (tertiary/aromatic N) is 2. The van der Waals surface area contributed by atoms with E-state index < -0.39 is 10.0 Å². The van der Waals surface area contributed by atoms with E-state index in [1.54, 1.807) is 26.0 Å². The summed E-state index contributed by atoms with van der Waals surface area (Å²) in [4.78, 5) is 12.6. The topological polar surface area (TPSA) is 92.5 Å². The number of nitrogens with one attached hydrogen (secondary N) is 1. The van der Waals surface area contributed by atoms with Crippen molar-refractivity contribution in [1.29, 1.82) is 0 Å². The number of halogens is 1. The Kier molecular flexibility index (Phi) is 6.38. The Hall–Kier alpha value is -2.26. The van der Waals surface area contributed by atoms with Crippen molar-refractivity contribution in [3.63, 3.8) is 0 Å². The molecule has 158 valence electrons. The Morgan fingerprint density at radius 1 is 1.28 bits per heavy atom. The summed E-state index contributed by atoms with van der Waals surface area (Å²) in [6.07, 6.45) is 1.21. The molecule has 0 unspecified atom stereocenters. The third kappa shape index (κ3) is 4.67. The molecular weight excluding hydrogens is 397 g/mol. The van der Waals surface area contributed by atoms with Crippen LogP contribution in [-0.2, 0) is 21.4 Å². The second kappa shape index (κ2) is 8.62. The van der Waals surface area contributed by atoms with E-state index in [-0.39, 0.29) is 34.2 Å². The zero-order valence-electron chi connectivity index (χ0n) is 16.8. The minimum absolute atomic E-state index is 0.0821. The van der Waals surface area contributed by atoms with Crippen molar-refractivity contribution in [2.45, 2.75) is 45.1 Å². The van der Waals surface area contributed by atoms with Crippen molar-refractivity contribution in [3.8, 4) is 0 Å². The molecule has 1 amide bonds. The van der Waals surface area contributed by atoms with Gasteiger partial charge in [0.15, 0.2) is 5.76 Å². The quantitative estimate of drug-likeness (QED) is 0.771. The fourth-order valence-corrected chi connectivity index (χ4v) is 5.52. The van der Waals surface area contributed by atoms with Crippen molar-refractivity contribution in [2.75, 3.05) is 13.1 Å². The first-order valence-corrected chi connectivity index (χ1v) is 11.1. The highest BCUT2D eigenvalue weighted by Crippen LogP contribution is 2.30. The second-order valence-corrected chi connectivity index (χ2v) is 9.40. The van der Waals surface area contributed by atoms with Crippen LogP contribution in [0.25, 0.3) is 0 Å². The van der Waals surface area contributed by atoms with Crippen molar-refractivity contribution >= 4 is 15.9 Å². The molecule has 1 fully saturated rings. The van der Waals surface area contributed by atoms with Gasteiger partial charge in [-0.1, -0.05) is 24.2 Å². The van der Waals surface area contributed by atoms with E-state index in [9.17, 15) is 17.6 Å².